The molecule has 1 aliphatic heterocycles. The average Bonchev–Trinajstić information content (AvgIpc) is 3.15. The highest BCUT2D eigenvalue weighted by Gasteiger charge is 2.53. The fourth-order valence-corrected chi connectivity index (χ4v) is 6.20. The number of nitrogens with zero attached hydrogens (tertiary/aromatic N) is 2. The van der Waals surface area contributed by atoms with E-state index >= 15 is 0 Å². The molecular weight excluding hydrogens is 603 g/mol. The number of allylic oxidation sites excluding steroid dienone is 1. The molecule has 2 heterocycles. The molecule has 1 fully saturated rings. The number of amides is 2. The number of fused-ring (bicyclic) bond motifs is 1. The summed E-state index contributed by atoms with van der Waals surface area (Å²) in [5.74, 6) is -2.45. The van der Waals surface area contributed by atoms with Gasteiger partial charge in [0.05, 0.1) is 47.5 Å². The van der Waals surface area contributed by atoms with Crippen molar-refractivity contribution in [2.24, 2.45) is 17.8 Å². The summed E-state index contributed by atoms with van der Waals surface area (Å²) >= 11 is 2.03. The number of halogens is 1. The number of aliphatic hydroxyl groups is 3. The van der Waals surface area contributed by atoms with Crippen LogP contribution in [0, 0.1) is 21.3 Å². The Hall–Kier alpha value is -2.80. The van der Waals surface area contributed by atoms with Crippen LogP contribution < -0.4 is 4.74 Å². The van der Waals surface area contributed by atoms with Crippen molar-refractivity contribution in [1.29, 1.82) is 0 Å². The van der Waals surface area contributed by atoms with Gasteiger partial charge in [0.15, 0.2) is 11.5 Å². The maximum absolute atomic E-state index is 12.8. The van der Waals surface area contributed by atoms with Gasteiger partial charge in [0.1, 0.15) is 0 Å². The minimum Gasteiger partial charge on any atom is -0.504 e. The van der Waals surface area contributed by atoms with Crippen LogP contribution >= 0.6 is 22.6 Å². The molecular formula is C28H31IN2O7. The molecule has 4 rings (SSSR count). The number of hydrogen-bond acceptors (Lipinski definition) is 8. The zero-order valence-corrected chi connectivity index (χ0v) is 23.3. The highest BCUT2D eigenvalue weighted by Crippen LogP contribution is 2.46. The van der Waals surface area contributed by atoms with Crippen molar-refractivity contribution < 1.29 is 34.8 Å². The second-order valence-electron chi connectivity index (χ2n) is 9.57. The van der Waals surface area contributed by atoms with Crippen LogP contribution in [0.4, 0.5) is 0 Å². The zero-order valence-electron chi connectivity index (χ0n) is 21.2. The number of methoxy groups -OCH3 is 1. The van der Waals surface area contributed by atoms with Crippen LogP contribution in [-0.2, 0) is 9.59 Å². The van der Waals surface area contributed by atoms with E-state index in [1.165, 1.54) is 14.2 Å². The molecule has 202 valence electrons. The molecule has 1 saturated heterocycles. The fourth-order valence-electron chi connectivity index (χ4n) is 5.57. The maximum Gasteiger partial charge on any atom is 0.233 e. The highest BCUT2D eigenvalue weighted by molar-refractivity contribution is 14.1. The first-order valence-electron chi connectivity index (χ1n) is 12.3. The molecule has 10 heteroatoms. The summed E-state index contributed by atoms with van der Waals surface area (Å²) in [6.45, 7) is -0.787. The molecule has 1 aromatic heterocycles. The Morgan fingerprint density at radius 1 is 1.26 bits per heavy atom. The summed E-state index contributed by atoms with van der Waals surface area (Å²) in [5.41, 5.74) is 3.24. The SMILES string of the molecule is COc1cc(/C=C(/CC[C@@H](O)C2=C(CO)C[C@H]3C(=O)N(C)C(=O)[C@H]3[C@H]2CO)c2ccccn2)cc(I)c1O. The lowest BCUT2D eigenvalue weighted by Gasteiger charge is -2.36. The van der Waals surface area contributed by atoms with Gasteiger partial charge in [-0.25, -0.2) is 0 Å². The normalized spacial score (nSPS) is 22.6. The molecule has 38 heavy (non-hydrogen) atoms. The van der Waals surface area contributed by atoms with Crippen molar-refractivity contribution in [1.82, 2.24) is 9.88 Å². The zero-order chi connectivity index (χ0) is 27.6. The summed E-state index contributed by atoms with van der Waals surface area (Å²) in [6.07, 6.45) is 3.34. The number of ether oxygens (including phenoxy) is 1. The highest BCUT2D eigenvalue weighted by atomic mass is 127. The van der Waals surface area contributed by atoms with Crippen molar-refractivity contribution in [3.8, 4) is 11.5 Å². The number of aromatic nitrogens is 1. The third kappa shape index (κ3) is 5.35. The lowest BCUT2D eigenvalue weighted by Crippen LogP contribution is -2.39. The first-order chi connectivity index (χ1) is 18.2. The number of imide groups is 1. The lowest BCUT2D eigenvalue weighted by atomic mass is 9.68. The molecule has 1 aromatic carbocycles. The van der Waals surface area contributed by atoms with Gasteiger partial charge in [-0.3, -0.25) is 19.5 Å². The van der Waals surface area contributed by atoms with E-state index in [-0.39, 0.29) is 37.0 Å². The van der Waals surface area contributed by atoms with E-state index in [9.17, 15) is 30.0 Å². The van der Waals surface area contributed by atoms with Crippen LogP contribution in [-0.4, -0.2) is 75.6 Å². The third-order valence-electron chi connectivity index (χ3n) is 7.44. The Kier molecular flexibility index (Phi) is 8.86. The number of carbonyl (C=O) groups excluding carboxylic acids is 2. The van der Waals surface area contributed by atoms with Crippen LogP contribution in [0.5, 0.6) is 11.5 Å². The second-order valence-corrected chi connectivity index (χ2v) is 10.7. The molecule has 4 N–H and O–H groups in total. The number of phenols is 1. The predicted molar refractivity (Wildman–Crippen MR) is 149 cm³/mol. The molecule has 2 aromatic rings. The van der Waals surface area contributed by atoms with Crippen LogP contribution in [0.15, 0.2) is 47.7 Å². The van der Waals surface area contributed by atoms with E-state index in [0.717, 1.165) is 16.0 Å². The average molecular weight is 634 g/mol. The van der Waals surface area contributed by atoms with Crippen molar-refractivity contribution in [3.63, 3.8) is 0 Å². The van der Waals surface area contributed by atoms with Crippen LogP contribution in [0.1, 0.15) is 30.5 Å². The third-order valence-corrected chi connectivity index (χ3v) is 8.27. The van der Waals surface area contributed by atoms with Gasteiger partial charge in [0, 0.05) is 19.2 Å². The van der Waals surface area contributed by atoms with Crippen LogP contribution in [0.25, 0.3) is 11.6 Å². The molecule has 0 unspecified atom stereocenters. The van der Waals surface area contributed by atoms with E-state index < -0.39 is 30.5 Å². The van der Waals surface area contributed by atoms with Gasteiger partial charge in [-0.05, 0) is 94.5 Å². The monoisotopic (exact) mass is 634 g/mol. The molecule has 0 saturated carbocycles. The number of aliphatic hydroxyl groups excluding tert-OH is 3. The summed E-state index contributed by atoms with van der Waals surface area (Å²) < 4.78 is 5.91. The molecule has 0 bridgehead atoms. The molecule has 9 nitrogen and oxygen atoms in total. The number of pyridine rings is 1. The predicted octanol–water partition coefficient (Wildman–Crippen LogP) is 2.61. The van der Waals surface area contributed by atoms with Crippen LogP contribution in [0.2, 0.25) is 0 Å². The minimum atomic E-state index is -1.05. The number of carbonyl (C=O) groups is 2. The van der Waals surface area contributed by atoms with Gasteiger partial charge in [0.25, 0.3) is 0 Å². The van der Waals surface area contributed by atoms with E-state index in [4.69, 9.17) is 4.74 Å². The minimum absolute atomic E-state index is 0.0553. The Labute approximate surface area is 234 Å². The molecule has 2 amide bonds. The number of likely N-dealkylation sites (tertiary alicyclic amines) is 1. The van der Waals surface area contributed by atoms with Gasteiger partial charge < -0.3 is 25.2 Å². The van der Waals surface area contributed by atoms with Crippen molar-refractivity contribution in [2.45, 2.75) is 25.4 Å². The molecule has 4 atom stereocenters. The number of aromatic hydroxyl groups is 1. The number of benzene rings is 1. The molecule has 0 radical (unpaired) electrons. The van der Waals surface area contributed by atoms with Gasteiger partial charge in [-0.1, -0.05) is 6.07 Å². The standard InChI is InChI=1S/C28H31IN2O7/c1-31-27(36)18-12-17(13-32)24(19(14-33)25(18)28(31)37)22(34)7-6-16(21-5-3-4-8-30-21)9-15-10-20(29)26(35)23(11-15)38-2/h3-5,8-11,18-19,22,25,32-35H,6-7,12-14H2,1-2H3/b16-9-/t18-,19+,22-,25-/m1/s1. The number of hydrogen-bond donors (Lipinski definition) is 4. The first kappa shape index (κ1) is 28.2. The van der Waals surface area contributed by atoms with E-state index in [1.807, 2.05) is 52.9 Å². The maximum atomic E-state index is 12.8. The quantitative estimate of drug-likeness (QED) is 0.188. The number of phenolic OH excluding ortho intramolecular Hbond substituents is 1. The van der Waals surface area contributed by atoms with Gasteiger partial charge in [0.2, 0.25) is 11.8 Å². The Morgan fingerprint density at radius 3 is 2.66 bits per heavy atom. The topological polar surface area (TPSA) is 140 Å². The smallest absolute Gasteiger partial charge is 0.233 e. The summed E-state index contributed by atoms with van der Waals surface area (Å²) in [6, 6.07) is 9.06. The van der Waals surface area contributed by atoms with Crippen LogP contribution in [0.3, 0.4) is 0 Å². The fraction of sp³-hybridized carbons (Fsp3) is 0.393. The van der Waals surface area contributed by atoms with Gasteiger partial charge in [-0.15, -0.1) is 0 Å². The van der Waals surface area contributed by atoms with E-state index in [0.29, 0.717) is 32.6 Å². The largest absolute Gasteiger partial charge is 0.504 e. The second kappa shape index (κ2) is 11.9. The summed E-state index contributed by atoms with van der Waals surface area (Å²) in [4.78, 5) is 31.0. The van der Waals surface area contributed by atoms with Crippen molar-refractivity contribution in [2.75, 3.05) is 27.4 Å². The Bertz CT molecular complexity index is 1280. The molecule has 2 aliphatic rings. The van der Waals surface area contributed by atoms with E-state index in [1.54, 1.807) is 12.3 Å². The van der Waals surface area contributed by atoms with Gasteiger partial charge in [-0.2, -0.15) is 0 Å². The Morgan fingerprint density at radius 2 is 2.03 bits per heavy atom. The first-order valence-corrected chi connectivity index (χ1v) is 13.4. The summed E-state index contributed by atoms with van der Waals surface area (Å²) in [5, 5.41) is 41.9. The lowest BCUT2D eigenvalue weighted by molar-refractivity contribution is -0.138. The van der Waals surface area contributed by atoms with Crippen molar-refractivity contribution in [3.05, 3.63) is 62.5 Å². The van der Waals surface area contributed by atoms with Gasteiger partial charge >= 0.3 is 0 Å². The Balaban J connectivity index is 1.65. The molecule has 1 aliphatic carbocycles. The van der Waals surface area contributed by atoms with Crippen molar-refractivity contribution >= 4 is 46.1 Å². The van der Waals surface area contributed by atoms with E-state index in [2.05, 4.69) is 4.98 Å². The molecule has 0 spiro atoms. The summed E-state index contributed by atoms with van der Waals surface area (Å²) in [7, 11) is 2.91. The number of rotatable bonds is 9.